The van der Waals surface area contributed by atoms with Crippen LogP contribution in [0.1, 0.15) is 44.6 Å². The third-order valence-electron chi connectivity index (χ3n) is 5.19. The molecule has 1 amide bonds. The Kier molecular flexibility index (Phi) is 6.96. The summed E-state index contributed by atoms with van der Waals surface area (Å²) in [6.45, 7) is 6.07. The Morgan fingerprint density at radius 2 is 2.11 bits per heavy atom. The largest absolute Gasteiger partial charge is 0.493 e. The summed E-state index contributed by atoms with van der Waals surface area (Å²) in [5, 5.41) is 3.40. The average molecular weight is 373 g/mol. The fraction of sp³-hybridized carbons (Fsp3) is 0.619. The van der Waals surface area contributed by atoms with E-state index in [9.17, 15) is 4.79 Å². The number of guanidine groups is 1. The molecule has 1 saturated carbocycles. The maximum atomic E-state index is 11.3. The van der Waals surface area contributed by atoms with Crippen LogP contribution in [-0.4, -0.2) is 43.0 Å². The fourth-order valence-corrected chi connectivity index (χ4v) is 3.56. The van der Waals surface area contributed by atoms with Gasteiger partial charge in [0.05, 0.1) is 13.2 Å². The zero-order valence-electron chi connectivity index (χ0n) is 16.3. The molecule has 3 rings (SSSR count). The highest BCUT2D eigenvalue weighted by molar-refractivity contribution is 5.80. The molecular weight excluding hydrogens is 340 g/mol. The lowest BCUT2D eigenvalue weighted by molar-refractivity contribution is -0.119. The van der Waals surface area contributed by atoms with Gasteiger partial charge in [0.1, 0.15) is 5.75 Å². The minimum atomic E-state index is -0.217. The Labute approximate surface area is 162 Å². The summed E-state index contributed by atoms with van der Waals surface area (Å²) >= 11 is 0. The number of primary amides is 1. The number of nitrogens with one attached hydrogen (secondary N) is 1. The molecule has 1 atom stereocenters. The molecule has 148 valence electrons. The molecule has 2 fully saturated rings. The van der Waals surface area contributed by atoms with Crippen LogP contribution in [0.2, 0.25) is 0 Å². The van der Waals surface area contributed by atoms with Crippen LogP contribution in [0.25, 0.3) is 0 Å². The van der Waals surface area contributed by atoms with Gasteiger partial charge in [0.2, 0.25) is 5.91 Å². The summed E-state index contributed by atoms with van der Waals surface area (Å²) < 4.78 is 6.00. The molecule has 6 heteroatoms. The molecule has 1 aromatic carbocycles. The number of para-hydroxylation sites is 1. The second-order valence-electron chi connectivity index (χ2n) is 7.66. The number of rotatable bonds is 8. The summed E-state index contributed by atoms with van der Waals surface area (Å²) in [5.41, 5.74) is 6.50. The SMILES string of the molecule is CCNC(=NCc1ccccc1OCC1CC1)N1CCCC(CC(N)=O)C1. The van der Waals surface area contributed by atoms with Gasteiger partial charge in [-0.15, -0.1) is 0 Å². The lowest BCUT2D eigenvalue weighted by Crippen LogP contribution is -2.47. The molecular formula is C21H32N4O2. The minimum Gasteiger partial charge on any atom is -0.493 e. The molecule has 1 saturated heterocycles. The molecule has 1 aliphatic carbocycles. The Morgan fingerprint density at radius 1 is 1.30 bits per heavy atom. The molecule has 0 radical (unpaired) electrons. The van der Waals surface area contributed by atoms with Crippen molar-refractivity contribution in [2.45, 2.75) is 45.6 Å². The first-order valence-corrected chi connectivity index (χ1v) is 10.2. The lowest BCUT2D eigenvalue weighted by Gasteiger charge is -2.34. The molecule has 1 aromatic rings. The van der Waals surface area contributed by atoms with Crippen LogP contribution in [0.5, 0.6) is 5.75 Å². The molecule has 1 heterocycles. The quantitative estimate of drug-likeness (QED) is 0.543. The normalized spacial score (nSPS) is 20.4. The molecule has 3 N–H and O–H groups in total. The van der Waals surface area contributed by atoms with E-state index in [4.69, 9.17) is 15.5 Å². The number of nitrogens with zero attached hydrogens (tertiary/aromatic N) is 2. The maximum Gasteiger partial charge on any atom is 0.217 e. The predicted molar refractivity (Wildman–Crippen MR) is 108 cm³/mol. The smallest absolute Gasteiger partial charge is 0.217 e. The van der Waals surface area contributed by atoms with Crippen molar-refractivity contribution in [2.75, 3.05) is 26.2 Å². The van der Waals surface area contributed by atoms with Crippen molar-refractivity contribution in [2.24, 2.45) is 22.6 Å². The van der Waals surface area contributed by atoms with Gasteiger partial charge < -0.3 is 20.7 Å². The second kappa shape index (κ2) is 9.62. The summed E-state index contributed by atoms with van der Waals surface area (Å²) in [6, 6.07) is 8.16. The highest BCUT2D eigenvalue weighted by Gasteiger charge is 2.24. The van der Waals surface area contributed by atoms with E-state index in [1.54, 1.807) is 0 Å². The van der Waals surface area contributed by atoms with Crippen molar-refractivity contribution in [3.63, 3.8) is 0 Å². The molecule has 6 nitrogen and oxygen atoms in total. The van der Waals surface area contributed by atoms with E-state index in [2.05, 4.69) is 23.2 Å². The average Bonchev–Trinajstić information content (AvgIpc) is 3.48. The van der Waals surface area contributed by atoms with Gasteiger partial charge in [-0.25, -0.2) is 4.99 Å². The van der Waals surface area contributed by atoms with Crippen molar-refractivity contribution >= 4 is 11.9 Å². The van der Waals surface area contributed by atoms with Crippen LogP contribution in [0.4, 0.5) is 0 Å². The summed E-state index contributed by atoms with van der Waals surface area (Å²) in [5.74, 6) is 2.67. The van der Waals surface area contributed by atoms with Crippen molar-refractivity contribution in [1.29, 1.82) is 0 Å². The first-order valence-electron chi connectivity index (χ1n) is 10.2. The van der Waals surface area contributed by atoms with Crippen LogP contribution >= 0.6 is 0 Å². The van der Waals surface area contributed by atoms with E-state index < -0.39 is 0 Å². The van der Waals surface area contributed by atoms with Crippen LogP contribution in [-0.2, 0) is 11.3 Å². The van der Waals surface area contributed by atoms with E-state index in [1.807, 2.05) is 18.2 Å². The van der Waals surface area contributed by atoms with E-state index in [-0.39, 0.29) is 5.91 Å². The number of hydrogen-bond donors (Lipinski definition) is 2. The molecule has 0 aromatic heterocycles. The summed E-state index contributed by atoms with van der Waals surface area (Å²) in [4.78, 5) is 18.4. The maximum absolute atomic E-state index is 11.3. The monoisotopic (exact) mass is 372 g/mol. The van der Waals surface area contributed by atoms with Crippen LogP contribution in [0.15, 0.2) is 29.3 Å². The zero-order chi connectivity index (χ0) is 19.1. The first-order chi connectivity index (χ1) is 13.2. The highest BCUT2D eigenvalue weighted by Crippen LogP contribution is 2.30. The molecule has 1 unspecified atom stereocenters. The Morgan fingerprint density at radius 3 is 2.85 bits per heavy atom. The van der Waals surface area contributed by atoms with Crippen LogP contribution < -0.4 is 15.8 Å². The van der Waals surface area contributed by atoms with Crippen LogP contribution in [0.3, 0.4) is 0 Å². The van der Waals surface area contributed by atoms with Gasteiger partial charge in [0, 0.05) is 31.6 Å². The van der Waals surface area contributed by atoms with E-state index in [1.165, 1.54) is 12.8 Å². The Balaban J connectivity index is 1.65. The first kappa shape index (κ1) is 19.5. The fourth-order valence-electron chi connectivity index (χ4n) is 3.56. The molecule has 0 spiro atoms. The number of aliphatic imine (C=N–C) groups is 1. The topological polar surface area (TPSA) is 80.0 Å². The van der Waals surface area contributed by atoms with Crippen molar-refractivity contribution < 1.29 is 9.53 Å². The minimum absolute atomic E-state index is 0.217. The van der Waals surface area contributed by atoms with Gasteiger partial charge in [-0.1, -0.05) is 18.2 Å². The Bertz CT molecular complexity index is 657. The second-order valence-corrected chi connectivity index (χ2v) is 7.66. The lowest BCUT2D eigenvalue weighted by atomic mass is 9.95. The standard InChI is InChI=1S/C21H32N4O2/c1-2-23-21(25-11-5-6-17(14-25)12-20(22)26)24-13-18-7-3-4-8-19(18)27-15-16-9-10-16/h3-4,7-8,16-17H,2,5-6,9-15H2,1H3,(H2,22,26)(H,23,24). The van der Waals surface area contributed by atoms with Crippen molar-refractivity contribution in [3.05, 3.63) is 29.8 Å². The number of carbonyl (C=O) groups is 1. The molecule has 27 heavy (non-hydrogen) atoms. The number of piperidine rings is 1. The summed E-state index contributed by atoms with van der Waals surface area (Å²) in [6.07, 6.45) is 5.13. The van der Waals surface area contributed by atoms with Gasteiger partial charge in [0.15, 0.2) is 5.96 Å². The van der Waals surface area contributed by atoms with Gasteiger partial charge in [0.25, 0.3) is 0 Å². The third-order valence-corrected chi connectivity index (χ3v) is 5.19. The molecule has 1 aliphatic heterocycles. The van der Waals surface area contributed by atoms with Crippen molar-refractivity contribution in [1.82, 2.24) is 10.2 Å². The Hall–Kier alpha value is -2.24. The number of amides is 1. The highest BCUT2D eigenvalue weighted by atomic mass is 16.5. The molecule has 2 aliphatic rings. The number of hydrogen-bond acceptors (Lipinski definition) is 3. The number of nitrogens with two attached hydrogens (primary N) is 1. The van der Waals surface area contributed by atoms with Gasteiger partial charge in [-0.05, 0) is 50.5 Å². The number of benzene rings is 1. The van der Waals surface area contributed by atoms with Gasteiger partial charge in [-0.3, -0.25) is 4.79 Å². The van der Waals surface area contributed by atoms with E-state index in [0.717, 1.165) is 62.3 Å². The van der Waals surface area contributed by atoms with E-state index in [0.29, 0.717) is 18.9 Å². The zero-order valence-corrected chi connectivity index (χ0v) is 16.3. The van der Waals surface area contributed by atoms with Crippen LogP contribution in [0, 0.1) is 11.8 Å². The third kappa shape index (κ3) is 6.15. The van der Waals surface area contributed by atoms with Gasteiger partial charge in [-0.2, -0.15) is 0 Å². The number of likely N-dealkylation sites (tertiary alicyclic amines) is 1. The van der Waals surface area contributed by atoms with E-state index >= 15 is 0 Å². The molecule has 0 bridgehead atoms. The number of carbonyl (C=O) groups excluding carboxylic acids is 1. The summed E-state index contributed by atoms with van der Waals surface area (Å²) in [7, 11) is 0. The predicted octanol–water partition coefficient (Wildman–Crippen LogP) is 2.53. The van der Waals surface area contributed by atoms with Crippen molar-refractivity contribution in [3.8, 4) is 5.75 Å². The van der Waals surface area contributed by atoms with Gasteiger partial charge >= 0.3 is 0 Å². The number of ether oxygens (including phenoxy) is 1.